The lowest BCUT2D eigenvalue weighted by Gasteiger charge is -2.13. The van der Waals surface area contributed by atoms with Crippen molar-refractivity contribution in [1.82, 2.24) is 5.32 Å². The fraction of sp³-hybridized carbons (Fsp3) is 0.400. The highest BCUT2D eigenvalue weighted by Crippen LogP contribution is 2.35. The first-order valence-corrected chi connectivity index (χ1v) is 12.9. The van der Waals surface area contributed by atoms with Gasteiger partial charge in [0.15, 0.2) is 9.84 Å². The Bertz CT molecular complexity index is 1090. The molecule has 2 aromatic carbocycles. The number of anilines is 1. The molecule has 200 valence electrons. The van der Waals surface area contributed by atoms with Crippen LogP contribution in [0.5, 0.6) is 23.0 Å². The van der Waals surface area contributed by atoms with Crippen LogP contribution in [-0.2, 0) is 20.4 Å². The molecule has 36 heavy (non-hydrogen) atoms. The largest absolute Gasteiger partial charge is 0.496 e. The molecule has 0 atom stereocenters. The molecule has 0 unspecified atom stereocenters. The highest BCUT2D eigenvalue weighted by molar-refractivity contribution is 7.93. The minimum absolute atomic E-state index is 0.296. The van der Waals surface area contributed by atoms with Crippen molar-refractivity contribution in [3.63, 3.8) is 0 Å². The summed E-state index contributed by atoms with van der Waals surface area (Å²) in [6.07, 6.45) is 1.40. The molecule has 0 aliphatic heterocycles. The standard InChI is InChI=1S/C21H25NO8S.C4H11N/c1-27-15-10-19(29-3)16(20(11-15)30-4)7-8-31(25,26)13-14-5-6-18(28-2)17(9-14)22-12-21(23)24;1-3-5-4-2/h5-11,22H,12-13H2,1-4H3,(H,23,24);5H,3-4H2,1-2H3/b8-7+;. The van der Waals surface area contributed by atoms with Crippen LogP contribution in [0.1, 0.15) is 25.0 Å². The zero-order chi connectivity index (χ0) is 27.1. The summed E-state index contributed by atoms with van der Waals surface area (Å²) in [7, 11) is 2.19. The zero-order valence-corrected chi connectivity index (χ0v) is 22.4. The van der Waals surface area contributed by atoms with Crippen LogP contribution in [0.15, 0.2) is 35.7 Å². The quantitative estimate of drug-likeness (QED) is 0.358. The predicted octanol–water partition coefficient (Wildman–Crippen LogP) is 3.42. The van der Waals surface area contributed by atoms with E-state index in [2.05, 4.69) is 24.5 Å². The molecule has 0 saturated heterocycles. The smallest absolute Gasteiger partial charge is 0.322 e. The molecule has 0 fully saturated rings. The van der Waals surface area contributed by atoms with Gasteiger partial charge in [-0.05, 0) is 36.9 Å². The molecule has 0 heterocycles. The number of hydrogen-bond donors (Lipinski definition) is 3. The Morgan fingerprint density at radius 3 is 1.94 bits per heavy atom. The average Bonchev–Trinajstić information content (AvgIpc) is 2.86. The van der Waals surface area contributed by atoms with Crippen LogP contribution in [0.3, 0.4) is 0 Å². The van der Waals surface area contributed by atoms with Crippen molar-refractivity contribution >= 4 is 27.6 Å². The van der Waals surface area contributed by atoms with Gasteiger partial charge in [-0.15, -0.1) is 0 Å². The summed E-state index contributed by atoms with van der Waals surface area (Å²) in [6, 6.07) is 7.97. The van der Waals surface area contributed by atoms with Crippen LogP contribution >= 0.6 is 0 Å². The predicted molar refractivity (Wildman–Crippen MR) is 141 cm³/mol. The first-order chi connectivity index (χ1) is 17.1. The van der Waals surface area contributed by atoms with E-state index in [1.165, 1.54) is 34.5 Å². The second kappa shape index (κ2) is 15.5. The van der Waals surface area contributed by atoms with Crippen LogP contribution in [-0.4, -0.2) is 67.6 Å². The normalized spacial score (nSPS) is 10.8. The van der Waals surface area contributed by atoms with E-state index in [0.29, 0.717) is 39.8 Å². The molecule has 11 heteroatoms. The molecule has 2 rings (SSSR count). The van der Waals surface area contributed by atoms with Crippen LogP contribution in [0.2, 0.25) is 0 Å². The number of benzene rings is 2. The summed E-state index contributed by atoms with van der Waals surface area (Å²) >= 11 is 0. The first-order valence-electron chi connectivity index (χ1n) is 11.2. The van der Waals surface area contributed by atoms with E-state index in [1.54, 1.807) is 30.3 Å². The monoisotopic (exact) mass is 524 g/mol. The Morgan fingerprint density at radius 2 is 1.50 bits per heavy atom. The average molecular weight is 525 g/mol. The third kappa shape index (κ3) is 10.0. The van der Waals surface area contributed by atoms with Gasteiger partial charge in [0.2, 0.25) is 0 Å². The lowest BCUT2D eigenvalue weighted by Crippen LogP contribution is -2.13. The first kappa shape index (κ1) is 30.6. The van der Waals surface area contributed by atoms with E-state index < -0.39 is 15.8 Å². The molecule has 10 nitrogen and oxygen atoms in total. The summed E-state index contributed by atoms with van der Waals surface area (Å²) in [4.78, 5) is 10.8. The van der Waals surface area contributed by atoms with E-state index >= 15 is 0 Å². The highest BCUT2D eigenvalue weighted by Gasteiger charge is 2.15. The van der Waals surface area contributed by atoms with E-state index in [4.69, 9.17) is 24.1 Å². The van der Waals surface area contributed by atoms with Gasteiger partial charge in [-0.3, -0.25) is 4.79 Å². The number of sulfone groups is 1. The van der Waals surface area contributed by atoms with Crippen molar-refractivity contribution in [3.05, 3.63) is 46.9 Å². The SMILES string of the molecule is CCNCC.COc1cc(OC)c(/C=C/S(=O)(=O)Cc2ccc(OC)c(NCC(=O)O)c2)c(OC)c1. The van der Waals surface area contributed by atoms with E-state index in [0.717, 1.165) is 18.5 Å². The van der Waals surface area contributed by atoms with E-state index in [9.17, 15) is 13.2 Å². The molecule has 0 aromatic heterocycles. The third-order valence-electron chi connectivity index (χ3n) is 4.76. The minimum atomic E-state index is -3.67. The van der Waals surface area contributed by atoms with Gasteiger partial charge in [0.1, 0.15) is 29.5 Å². The van der Waals surface area contributed by atoms with E-state index in [1.807, 2.05) is 0 Å². The van der Waals surface area contributed by atoms with Gasteiger partial charge in [0.25, 0.3) is 0 Å². The summed E-state index contributed by atoms with van der Waals surface area (Å²) in [5.41, 5.74) is 1.31. The van der Waals surface area contributed by atoms with Crippen LogP contribution < -0.4 is 29.6 Å². The Kier molecular flexibility index (Phi) is 13.2. The number of carboxylic acid groups (broad SMARTS) is 1. The number of methoxy groups -OCH3 is 4. The Morgan fingerprint density at radius 1 is 0.917 bits per heavy atom. The molecular formula is C25H36N2O8S. The maximum atomic E-state index is 12.7. The maximum Gasteiger partial charge on any atom is 0.322 e. The van der Waals surface area contributed by atoms with Gasteiger partial charge in [-0.25, -0.2) is 8.42 Å². The molecule has 0 aliphatic rings. The molecule has 0 aliphatic carbocycles. The molecular weight excluding hydrogens is 488 g/mol. The number of ether oxygens (including phenoxy) is 4. The zero-order valence-electron chi connectivity index (χ0n) is 21.6. The maximum absolute atomic E-state index is 12.7. The van der Waals surface area contributed by atoms with Gasteiger partial charge < -0.3 is 34.7 Å². The fourth-order valence-corrected chi connectivity index (χ4v) is 4.14. The van der Waals surface area contributed by atoms with Gasteiger partial charge in [0, 0.05) is 17.5 Å². The second-order valence-electron chi connectivity index (χ2n) is 7.29. The van der Waals surface area contributed by atoms with Gasteiger partial charge in [0.05, 0.1) is 45.4 Å². The Labute approximate surface area is 213 Å². The number of hydrogen-bond acceptors (Lipinski definition) is 9. The molecule has 0 bridgehead atoms. The van der Waals surface area contributed by atoms with E-state index in [-0.39, 0.29) is 12.3 Å². The Hall–Kier alpha value is -3.44. The van der Waals surface area contributed by atoms with Crippen molar-refractivity contribution in [2.45, 2.75) is 19.6 Å². The Balaban J connectivity index is 0.00000118. The molecule has 0 radical (unpaired) electrons. The van der Waals surface area contributed by atoms with Crippen LogP contribution in [0, 0.1) is 0 Å². The molecule has 0 amide bonds. The summed E-state index contributed by atoms with van der Waals surface area (Å²) in [6.45, 7) is 6.06. The fourth-order valence-electron chi connectivity index (χ4n) is 3.05. The summed E-state index contributed by atoms with van der Waals surface area (Å²) in [5.74, 6) is 0.361. The number of nitrogens with one attached hydrogen (secondary N) is 2. The molecule has 2 aromatic rings. The minimum Gasteiger partial charge on any atom is -0.496 e. The van der Waals surface area contributed by atoms with Gasteiger partial charge in [-0.2, -0.15) is 0 Å². The van der Waals surface area contributed by atoms with Crippen molar-refractivity contribution < 1.29 is 37.3 Å². The van der Waals surface area contributed by atoms with Crippen molar-refractivity contribution in [2.24, 2.45) is 0 Å². The van der Waals surface area contributed by atoms with Gasteiger partial charge in [-0.1, -0.05) is 19.9 Å². The van der Waals surface area contributed by atoms with Crippen molar-refractivity contribution in [2.75, 3.05) is 53.4 Å². The molecule has 3 N–H and O–H groups in total. The summed E-state index contributed by atoms with van der Waals surface area (Å²) in [5, 5.41) is 15.7. The van der Waals surface area contributed by atoms with Crippen LogP contribution in [0.4, 0.5) is 5.69 Å². The lowest BCUT2D eigenvalue weighted by molar-refractivity contribution is -0.134. The molecule has 0 spiro atoms. The number of rotatable bonds is 13. The second-order valence-corrected chi connectivity index (χ2v) is 9.18. The third-order valence-corrected chi connectivity index (χ3v) is 6.04. The molecule has 0 saturated carbocycles. The lowest BCUT2D eigenvalue weighted by atomic mass is 10.1. The highest BCUT2D eigenvalue weighted by atomic mass is 32.2. The number of aliphatic carboxylic acids is 1. The number of carbonyl (C=O) groups is 1. The van der Waals surface area contributed by atoms with Crippen molar-refractivity contribution in [1.29, 1.82) is 0 Å². The summed E-state index contributed by atoms with van der Waals surface area (Å²) < 4.78 is 46.4. The number of carboxylic acids is 1. The topological polar surface area (TPSA) is 132 Å². The van der Waals surface area contributed by atoms with Crippen LogP contribution in [0.25, 0.3) is 6.08 Å². The van der Waals surface area contributed by atoms with Gasteiger partial charge >= 0.3 is 5.97 Å². The van der Waals surface area contributed by atoms with Crippen molar-refractivity contribution in [3.8, 4) is 23.0 Å².